The van der Waals surface area contributed by atoms with Gasteiger partial charge in [-0.2, -0.15) is 5.26 Å². The first-order chi connectivity index (χ1) is 6.29. The van der Waals surface area contributed by atoms with E-state index < -0.39 is 0 Å². The van der Waals surface area contributed by atoms with E-state index in [1.165, 1.54) is 6.92 Å². The number of nitrogens with zero attached hydrogens (tertiary/aromatic N) is 1. The van der Waals surface area contributed by atoms with E-state index in [-0.39, 0.29) is 0 Å². The Bertz CT molecular complexity index is 255. The molecule has 0 bridgehead atoms. The van der Waals surface area contributed by atoms with Crippen LogP contribution in [0.2, 0.25) is 0 Å². The molecule has 0 aliphatic carbocycles. The maximum atomic E-state index is 7.32. The molecule has 0 heterocycles. The van der Waals surface area contributed by atoms with Gasteiger partial charge in [-0.05, 0) is 12.1 Å². The summed E-state index contributed by atoms with van der Waals surface area (Å²) in [6.45, 7) is 1.43. The molecule has 1 aromatic carbocycles. The highest BCUT2D eigenvalue weighted by molar-refractivity contribution is 5.38. The van der Waals surface area contributed by atoms with Crippen LogP contribution in [0.15, 0.2) is 24.3 Å². The second kappa shape index (κ2) is 6.99. The van der Waals surface area contributed by atoms with Crippen LogP contribution in [0.4, 0.5) is 0 Å². The Balaban J connectivity index is 0.000000424. The zero-order chi connectivity index (χ0) is 10.1. The van der Waals surface area contributed by atoms with Crippen molar-refractivity contribution in [3.8, 4) is 17.6 Å². The third-order valence-corrected chi connectivity index (χ3v) is 1.29. The lowest BCUT2D eigenvalue weighted by Gasteiger charge is -2.04. The number of hydrogen-bond acceptors (Lipinski definition) is 3. The molecule has 0 spiro atoms. The summed E-state index contributed by atoms with van der Waals surface area (Å²) in [6.07, 6.45) is 0. The Hall–Kier alpha value is -1.69. The minimum atomic E-state index is 0.769. The molecule has 3 heteroatoms. The predicted molar refractivity (Wildman–Crippen MR) is 50.8 cm³/mol. The summed E-state index contributed by atoms with van der Waals surface area (Å²) in [5, 5.41) is 7.32. The zero-order valence-electron chi connectivity index (χ0n) is 8.07. The van der Waals surface area contributed by atoms with Gasteiger partial charge in [-0.3, -0.25) is 0 Å². The largest absolute Gasteiger partial charge is 0.493 e. The molecule has 0 aromatic heterocycles. The van der Waals surface area contributed by atoms with E-state index in [0.717, 1.165) is 11.5 Å². The summed E-state index contributed by atoms with van der Waals surface area (Å²) in [7, 11) is 3.25. The SMILES string of the molecule is CC#N.COc1ccccc1OC. The normalized spacial score (nSPS) is 7.54. The van der Waals surface area contributed by atoms with E-state index in [0.29, 0.717) is 0 Å². The second-order valence-corrected chi connectivity index (χ2v) is 2.08. The monoisotopic (exact) mass is 179 g/mol. The topological polar surface area (TPSA) is 42.2 Å². The Labute approximate surface area is 78.5 Å². The molecule has 0 saturated carbocycles. The minimum Gasteiger partial charge on any atom is -0.493 e. The molecule has 13 heavy (non-hydrogen) atoms. The molecule has 0 amide bonds. The van der Waals surface area contributed by atoms with Gasteiger partial charge in [-0.1, -0.05) is 12.1 Å². The highest BCUT2D eigenvalue weighted by Crippen LogP contribution is 2.24. The molecule has 0 saturated heterocycles. The summed E-state index contributed by atoms with van der Waals surface area (Å²) >= 11 is 0. The van der Waals surface area contributed by atoms with Gasteiger partial charge in [-0.15, -0.1) is 0 Å². The first-order valence-electron chi connectivity index (χ1n) is 3.78. The van der Waals surface area contributed by atoms with Crippen LogP contribution in [0.25, 0.3) is 0 Å². The van der Waals surface area contributed by atoms with Gasteiger partial charge in [0.2, 0.25) is 0 Å². The molecular formula is C10H13NO2. The van der Waals surface area contributed by atoms with Crippen LogP contribution in [-0.4, -0.2) is 14.2 Å². The minimum absolute atomic E-state index is 0.769. The van der Waals surface area contributed by atoms with Crippen molar-refractivity contribution in [2.75, 3.05) is 14.2 Å². The lowest BCUT2D eigenvalue weighted by molar-refractivity contribution is 0.355. The van der Waals surface area contributed by atoms with Crippen LogP contribution < -0.4 is 9.47 Å². The lowest BCUT2D eigenvalue weighted by Crippen LogP contribution is -1.88. The molecule has 0 aliphatic heterocycles. The number of nitriles is 1. The summed E-state index contributed by atoms with van der Waals surface area (Å²) in [4.78, 5) is 0. The fourth-order valence-electron chi connectivity index (χ4n) is 0.787. The number of ether oxygens (including phenoxy) is 2. The van der Waals surface area contributed by atoms with Crippen molar-refractivity contribution >= 4 is 0 Å². The third-order valence-electron chi connectivity index (χ3n) is 1.29. The third kappa shape index (κ3) is 4.02. The van der Waals surface area contributed by atoms with Crippen molar-refractivity contribution in [3.63, 3.8) is 0 Å². The van der Waals surface area contributed by atoms with Gasteiger partial charge in [0.15, 0.2) is 11.5 Å². The lowest BCUT2D eigenvalue weighted by atomic mass is 10.3. The van der Waals surface area contributed by atoms with Crippen LogP contribution >= 0.6 is 0 Å². The van der Waals surface area contributed by atoms with Gasteiger partial charge in [0.05, 0.1) is 20.3 Å². The van der Waals surface area contributed by atoms with Gasteiger partial charge >= 0.3 is 0 Å². The number of benzene rings is 1. The fourth-order valence-corrected chi connectivity index (χ4v) is 0.787. The van der Waals surface area contributed by atoms with Crippen molar-refractivity contribution in [2.24, 2.45) is 0 Å². The van der Waals surface area contributed by atoms with Gasteiger partial charge in [0, 0.05) is 6.92 Å². The van der Waals surface area contributed by atoms with Crippen molar-refractivity contribution in [2.45, 2.75) is 6.92 Å². The Morgan fingerprint density at radius 1 is 1.08 bits per heavy atom. The molecule has 0 atom stereocenters. The van der Waals surface area contributed by atoms with Crippen LogP contribution in [0.1, 0.15) is 6.92 Å². The van der Waals surface area contributed by atoms with E-state index in [2.05, 4.69) is 0 Å². The Morgan fingerprint density at radius 3 is 1.62 bits per heavy atom. The van der Waals surface area contributed by atoms with Crippen molar-refractivity contribution in [1.82, 2.24) is 0 Å². The van der Waals surface area contributed by atoms with Crippen molar-refractivity contribution in [1.29, 1.82) is 5.26 Å². The van der Waals surface area contributed by atoms with E-state index in [1.54, 1.807) is 20.3 Å². The zero-order valence-corrected chi connectivity index (χ0v) is 8.07. The van der Waals surface area contributed by atoms with Crippen LogP contribution in [0.5, 0.6) is 11.5 Å². The smallest absolute Gasteiger partial charge is 0.160 e. The van der Waals surface area contributed by atoms with Crippen molar-refractivity contribution < 1.29 is 9.47 Å². The van der Waals surface area contributed by atoms with Crippen LogP contribution in [0.3, 0.4) is 0 Å². The summed E-state index contributed by atoms with van der Waals surface area (Å²) in [5.41, 5.74) is 0. The maximum Gasteiger partial charge on any atom is 0.160 e. The first-order valence-corrected chi connectivity index (χ1v) is 3.78. The van der Waals surface area contributed by atoms with E-state index >= 15 is 0 Å². The second-order valence-electron chi connectivity index (χ2n) is 2.08. The molecule has 0 fully saturated rings. The first kappa shape index (κ1) is 11.3. The number of hydrogen-bond donors (Lipinski definition) is 0. The molecule has 1 rings (SSSR count). The molecule has 70 valence electrons. The van der Waals surface area contributed by atoms with E-state index in [1.807, 2.05) is 24.3 Å². The van der Waals surface area contributed by atoms with Gasteiger partial charge in [0.25, 0.3) is 0 Å². The van der Waals surface area contributed by atoms with Crippen molar-refractivity contribution in [3.05, 3.63) is 24.3 Å². The number of rotatable bonds is 2. The highest BCUT2D eigenvalue weighted by atomic mass is 16.5. The number of para-hydroxylation sites is 2. The maximum absolute atomic E-state index is 7.32. The number of methoxy groups -OCH3 is 2. The standard InChI is InChI=1S/C8H10O2.C2H3N/c1-9-7-5-3-4-6-8(7)10-2;1-2-3/h3-6H,1-2H3;1H3. The summed E-state index contributed by atoms with van der Waals surface area (Å²) in [6, 6.07) is 9.28. The predicted octanol–water partition coefficient (Wildman–Crippen LogP) is 2.23. The highest BCUT2D eigenvalue weighted by Gasteiger charge is 1.97. The Morgan fingerprint density at radius 2 is 1.38 bits per heavy atom. The van der Waals surface area contributed by atoms with Gasteiger partial charge in [-0.25, -0.2) is 0 Å². The van der Waals surface area contributed by atoms with Crippen LogP contribution in [-0.2, 0) is 0 Å². The summed E-state index contributed by atoms with van der Waals surface area (Å²) in [5.74, 6) is 1.54. The average Bonchev–Trinajstić information content (AvgIpc) is 2.19. The molecular weight excluding hydrogens is 166 g/mol. The summed E-state index contributed by atoms with van der Waals surface area (Å²) < 4.78 is 10.0. The average molecular weight is 179 g/mol. The van der Waals surface area contributed by atoms with Crippen LogP contribution in [0, 0.1) is 11.3 Å². The molecule has 1 aromatic rings. The fraction of sp³-hybridized carbons (Fsp3) is 0.300. The van der Waals surface area contributed by atoms with E-state index in [4.69, 9.17) is 14.7 Å². The van der Waals surface area contributed by atoms with E-state index in [9.17, 15) is 0 Å². The Kier molecular flexibility index (Phi) is 6.08. The molecule has 3 nitrogen and oxygen atoms in total. The van der Waals surface area contributed by atoms with Gasteiger partial charge in [0.1, 0.15) is 0 Å². The molecule has 0 unspecified atom stereocenters. The quantitative estimate of drug-likeness (QED) is 0.699. The van der Waals surface area contributed by atoms with Gasteiger partial charge < -0.3 is 9.47 Å². The molecule has 0 N–H and O–H groups in total. The molecule has 0 radical (unpaired) electrons. The molecule has 0 aliphatic rings.